The molecule has 2 unspecified atom stereocenters. The number of fused-ring (bicyclic) bond motifs is 1. The van der Waals surface area contributed by atoms with Crippen LogP contribution in [0.4, 0.5) is 17.5 Å². The lowest BCUT2D eigenvalue weighted by atomic mass is 9.79. The molecule has 0 bridgehead atoms. The summed E-state index contributed by atoms with van der Waals surface area (Å²) in [5.41, 5.74) is 2.51. The Morgan fingerprint density at radius 1 is 1.33 bits per heavy atom. The van der Waals surface area contributed by atoms with E-state index in [1.54, 1.807) is 6.20 Å². The van der Waals surface area contributed by atoms with Gasteiger partial charge in [0.15, 0.2) is 5.82 Å². The summed E-state index contributed by atoms with van der Waals surface area (Å²) in [5, 5.41) is 26.0. The van der Waals surface area contributed by atoms with Crippen molar-refractivity contribution in [3.63, 3.8) is 0 Å². The normalized spacial score (nSPS) is 21.4. The number of nitriles is 1. The second-order valence-electron chi connectivity index (χ2n) is 6.86. The molecule has 0 spiro atoms. The Bertz CT molecular complexity index is 891. The predicted molar refractivity (Wildman–Crippen MR) is 104 cm³/mol. The molecule has 1 aromatic carbocycles. The summed E-state index contributed by atoms with van der Waals surface area (Å²) in [6.07, 6.45) is 5.54. The number of rotatable bonds is 4. The summed E-state index contributed by atoms with van der Waals surface area (Å²) in [4.78, 5) is 8.72. The van der Waals surface area contributed by atoms with Gasteiger partial charge in [-0.15, -0.1) is 0 Å². The molecule has 7 nitrogen and oxygen atoms in total. The highest BCUT2D eigenvalue weighted by molar-refractivity contribution is 6.61. The van der Waals surface area contributed by atoms with Crippen LogP contribution in [0.2, 0.25) is 5.02 Å². The van der Waals surface area contributed by atoms with Gasteiger partial charge in [0.05, 0.1) is 24.8 Å². The molecule has 4 rings (SSSR count). The quantitative estimate of drug-likeness (QED) is 0.697. The van der Waals surface area contributed by atoms with Gasteiger partial charge < -0.3 is 20.3 Å². The molecule has 0 saturated heterocycles. The maximum Gasteiger partial charge on any atom is 0.491 e. The number of nitrogens with zero attached hydrogens (tertiary/aromatic N) is 3. The van der Waals surface area contributed by atoms with Gasteiger partial charge in [-0.2, -0.15) is 10.2 Å². The van der Waals surface area contributed by atoms with E-state index < -0.39 is 7.12 Å². The van der Waals surface area contributed by atoms with Crippen LogP contribution in [-0.2, 0) is 11.3 Å². The molecule has 1 aliphatic heterocycles. The van der Waals surface area contributed by atoms with Crippen LogP contribution in [0.1, 0.15) is 31.2 Å². The maximum absolute atomic E-state index is 9.71. The van der Waals surface area contributed by atoms with Gasteiger partial charge in [-0.3, -0.25) is 0 Å². The van der Waals surface area contributed by atoms with Crippen LogP contribution >= 0.6 is 11.6 Å². The Labute approximate surface area is 162 Å². The fourth-order valence-electron chi connectivity index (χ4n) is 3.60. The minimum atomic E-state index is -0.861. The van der Waals surface area contributed by atoms with Crippen LogP contribution < -0.4 is 16.1 Å². The first-order chi connectivity index (χ1) is 13.1. The fraction of sp³-hybridized carbons (Fsp3) is 0.389. The summed E-state index contributed by atoms with van der Waals surface area (Å²) < 4.78 is 5.21. The number of aromatic nitrogens is 2. The van der Waals surface area contributed by atoms with Crippen molar-refractivity contribution in [2.75, 3.05) is 10.6 Å². The van der Waals surface area contributed by atoms with Gasteiger partial charge in [0, 0.05) is 11.7 Å². The van der Waals surface area contributed by atoms with Crippen LogP contribution in [0.15, 0.2) is 24.4 Å². The zero-order chi connectivity index (χ0) is 18.8. The van der Waals surface area contributed by atoms with Crippen molar-refractivity contribution in [3.8, 4) is 6.07 Å². The van der Waals surface area contributed by atoms with E-state index in [-0.39, 0.29) is 12.0 Å². The van der Waals surface area contributed by atoms with E-state index in [9.17, 15) is 10.3 Å². The largest absolute Gasteiger partial charge is 0.491 e. The molecule has 0 amide bonds. The third kappa shape index (κ3) is 3.86. The van der Waals surface area contributed by atoms with Crippen LogP contribution in [0, 0.1) is 17.2 Å². The molecule has 1 aliphatic carbocycles. The van der Waals surface area contributed by atoms with Crippen LogP contribution in [0.3, 0.4) is 0 Å². The van der Waals surface area contributed by atoms with Crippen molar-refractivity contribution < 1.29 is 9.68 Å². The zero-order valence-electron chi connectivity index (χ0n) is 14.7. The van der Waals surface area contributed by atoms with Crippen LogP contribution in [0.25, 0.3) is 0 Å². The van der Waals surface area contributed by atoms with Gasteiger partial charge in [-0.25, -0.2) is 4.98 Å². The van der Waals surface area contributed by atoms with E-state index in [0.29, 0.717) is 23.4 Å². The highest BCUT2D eigenvalue weighted by Crippen LogP contribution is 2.29. The Morgan fingerprint density at radius 2 is 2.19 bits per heavy atom. The number of anilines is 3. The first-order valence-electron chi connectivity index (χ1n) is 9.02. The Hall–Kier alpha value is -2.34. The van der Waals surface area contributed by atoms with E-state index in [2.05, 4.69) is 26.7 Å². The summed E-state index contributed by atoms with van der Waals surface area (Å²) >= 11 is 6.26. The van der Waals surface area contributed by atoms with Gasteiger partial charge in [0.2, 0.25) is 5.95 Å². The molecule has 1 saturated carbocycles. The Kier molecular flexibility index (Phi) is 5.16. The minimum absolute atomic E-state index is 0.0377. The second-order valence-corrected chi connectivity index (χ2v) is 7.27. The molecular weight excluding hydrogens is 364 g/mol. The second kappa shape index (κ2) is 7.73. The number of halogens is 1. The van der Waals surface area contributed by atoms with Crippen molar-refractivity contribution >= 4 is 41.6 Å². The van der Waals surface area contributed by atoms with Crippen LogP contribution in [-0.4, -0.2) is 28.2 Å². The van der Waals surface area contributed by atoms with E-state index in [1.807, 2.05) is 18.2 Å². The number of hydrogen-bond acceptors (Lipinski definition) is 7. The van der Waals surface area contributed by atoms with E-state index in [0.717, 1.165) is 42.4 Å². The van der Waals surface area contributed by atoms with Crippen LogP contribution in [0.5, 0.6) is 0 Å². The summed E-state index contributed by atoms with van der Waals surface area (Å²) in [5.74, 6) is 0.899. The highest BCUT2D eigenvalue weighted by Gasteiger charge is 2.27. The van der Waals surface area contributed by atoms with Crippen molar-refractivity contribution in [1.29, 1.82) is 5.26 Å². The number of nitrogens with one attached hydrogen (secondary N) is 2. The van der Waals surface area contributed by atoms with Gasteiger partial charge in [-0.1, -0.05) is 30.5 Å². The fourth-order valence-corrected chi connectivity index (χ4v) is 3.74. The van der Waals surface area contributed by atoms with Crippen molar-refractivity contribution in [3.05, 3.63) is 35.0 Å². The molecule has 2 heterocycles. The van der Waals surface area contributed by atoms with Gasteiger partial charge in [0.1, 0.15) is 5.02 Å². The van der Waals surface area contributed by atoms with E-state index in [4.69, 9.17) is 16.3 Å². The molecule has 2 atom stereocenters. The standard InChI is InChI=1S/C18H19BClN5O2/c20-15-9-22-18(23-13-5-6-14-12(7-13)10-27-19(14)26)25-17(15)24-16-4-2-1-3-11(16)8-21/h5-7,9,11,16,26H,1-4,10H2,(H2,22,23,24,25). The smallest absolute Gasteiger partial charge is 0.423 e. The Morgan fingerprint density at radius 3 is 3.04 bits per heavy atom. The average molecular weight is 384 g/mol. The lowest BCUT2D eigenvalue weighted by Crippen LogP contribution is -2.31. The third-order valence-corrected chi connectivity index (χ3v) is 5.34. The SMILES string of the molecule is N#CC1CCCCC1Nc1nc(Nc2ccc3c(c2)COB3O)ncc1Cl. The molecule has 0 radical (unpaired) electrons. The molecule has 27 heavy (non-hydrogen) atoms. The monoisotopic (exact) mass is 383 g/mol. The van der Waals surface area contributed by atoms with Crippen molar-refractivity contribution in [2.45, 2.75) is 38.3 Å². The Balaban J connectivity index is 1.51. The first kappa shape index (κ1) is 18.0. The maximum atomic E-state index is 9.71. The van der Waals surface area contributed by atoms with E-state index >= 15 is 0 Å². The molecule has 1 aromatic heterocycles. The van der Waals surface area contributed by atoms with Gasteiger partial charge >= 0.3 is 7.12 Å². The lowest BCUT2D eigenvalue weighted by Gasteiger charge is -2.28. The molecule has 138 valence electrons. The molecule has 9 heteroatoms. The minimum Gasteiger partial charge on any atom is -0.423 e. The molecule has 2 aliphatic rings. The third-order valence-electron chi connectivity index (χ3n) is 5.06. The first-order valence-corrected chi connectivity index (χ1v) is 9.40. The summed E-state index contributed by atoms with van der Waals surface area (Å²) in [6.45, 7) is 0.373. The highest BCUT2D eigenvalue weighted by atomic mass is 35.5. The lowest BCUT2D eigenvalue weighted by molar-refractivity contribution is 0.275. The van der Waals surface area contributed by atoms with Crippen molar-refractivity contribution in [1.82, 2.24) is 9.97 Å². The topological polar surface area (TPSA) is 103 Å². The average Bonchev–Trinajstić information content (AvgIpc) is 3.05. The summed E-state index contributed by atoms with van der Waals surface area (Å²) in [7, 11) is -0.861. The molecule has 2 aromatic rings. The van der Waals surface area contributed by atoms with E-state index in [1.165, 1.54) is 0 Å². The van der Waals surface area contributed by atoms with Gasteiger partial charge in [0.25, 0.3) is 0 Å². The number of hydrogen-bond donors (Lipinski definition) is 3. The zero-order valence-corrected chi connectivity index (χ0v) is 15.4. The van der Waals surface area contributed by atoms with Gasteiger partial charge in [-0.05, 0) is 36.0 Å². The molecule has 3 N–H and O–H groups in total. The summed E-state index contributed by atoms with van der Waals surface area (Å²) in [6, 6.07) is 7.99. The van der Waals surface area contributed by atoms with Crippen molar-refractivity contribution in [2.24, 2.45) is 5.92 Å². The molecule has 1 fully saturated rings. The molecular formula is C18H19BClN5O2. The predicted octanol–water partition coefficient (Wildman–Crippen LogP) is 2.59. The number of benzene rings is 1.